The van der Waals surface area contributed by atoms with E-state index in [1.807, 2.05) is 6.92 Å². The van der Waals surface area contributed by atoms with Gasteiger partial charge >= 0.3 is 0 Å². The number of ether oxygens (including phenoxy) is 1. The lowest BCUT2D eigenvalue weighted by Gasteiger charge is -2.16. The first-order chi connectivity index (χ1) is 14.9. The Labute approximate surface area is 182 Å². The van der Waals surface area contributed by atoms with E-state index in [0.29, 0.717) is 29.6 Å². The van der Waals surface area contributed by atoms with Gasteiger partial charge in [0.25, 0.3) is 5.91 Å². The van der Waals surface area contributed by atoms with Gasteiger partial charge in [-0.3, -0.25) is 19.3 Å². The maximum atomic E-state index is 12.4. The first kappa shape index (κ1) is 22.3. The van der Waals surface area contributed by atoms with Gasteiger partial charge in [0.15, 0.2) is 0 Å². The minimum atomic E-state index is -0.247. The summed E-state index contributed by atoms with van der Waals surface area (Å²) >= 11 is 0. The molecule has 1 aliphatic carbocycles. The van der Waals surface area contributed by atoms with Crippen molar-refractivity contribution in [2.45, 2.75) is 25.8 Å². The van der Waals surface area contributed by atoms with Crippen molar-refractivity contribution in [3.8, 4) is 5.75 Å². The van der Waals surface area contributed by atoms with Crippen molar-refractivity contribution >= 4 is 29.1 Å². The van der Waals surface area contributed by atoms with Crippen molar-refractivity contribution in [3.05, 3.63) is 54.1 Å². The summed E-state index contributed by atoms with van der Waals surface area (Å²) in [5.74, 6) is 0.201. The van der Waals surface area contributed by atoms with Crippen molar-refractivity contribution in [1.29, 1.82) is 0 Å². The molecule has 1 aliphatic rings. The molecule has 8 heteroatoms. The number of anilines is 2. The summed E-state index contributed by atoms with van der Waals surface area (Å²) in [5, 5.41) is 8.49. The second-order valence-corrected chi connectivity index (χ2v) is 7.55. The third-order valence-electron chi connectivity index (χ3n) is 4.62. The maximum Gasteiger partial charge on any atom is 0.255 e. The summed E-state index contributed by atoms with van der Waals surface area (Å²) in [6.45, 7) is 2.77. The molecule has 2 aromatic rings. The van der Waals surface area contributed by atoms with Gasteiger partial charge in [0, 0.05) is 23.0 Å². The number of carbonyl (C=O) groups is 3. The monoisotopic (exact) mass is 424 g/mol. The van der Waals surface area contributed by atoms with Crippen LogP contribution in [0.3, 0.4) is 0 Å². The maximum absolute atomic E-state index is 12.4. The zero-order valence-corrected chi connectivity index (χ0v) is 17.8. The van der Waals surface area contributed by atoms with Crippen LogP contribution in [0.1, 0.15) is 30.1 Å². The molecular weight excluding hydrogens is 396 g/mol. The van der Waals surface area contributed by atoms with Crippen LogP contribution < -0.4 is 20.7 Å². The van der Waals surface area contributed by atoms with E-state index in [9.17, 15) is 14.4 Å². The van der Waals surface area contributed by atoms with Crippen LogP contribution in [0.4, 0.5) is 11.4 Å². The molecule has 164 valence electrons. The van der Waals surface area contributed by atoms with Crippen molar-refractivity contribution in [2.24, 2.45) is 0 Å². The minimum Gasteiger partial charge on any atom is -0.494 e. The fourth-order valence-corrected chi connectivity index (χ4v) is 2.96. The van der Waals surface area contributed by atoms with Crippen LogP contribution in [0.25, 0.3) is 0 Å². The average molecular weight is 425 g/mol. The third-order valence-corrected chi connectivity index (χ3v) is 4.62. The van der Waals surface area contributed by atoms with Crippen molar-refractivity contribution in [3.63, 3.8) is 0 Å². The molecule has 0 heterocycles. The molecular formula is C23H28N4O4. The normalized spacial score (nSPS) is 12.9. The van der Waals surface area contributed by atoms with Crippen molar-refractivity contribution < 1.29 is 19.1 Å². The number of likely N-dealkylation sites (N-methyl/N-ethyl adjacent to an activating group) is 1. The third kappa shape index (κ3) is 7.42. The Morgan fingerprint density at radius 2 is 1.48 bits per heavy atom. The molecule has 0 radical (unpaired) electrons. The SMILES string of the molecule is CCOc1ccc(NC(=O)c2ccc(NC(=O)CN(C)CC(=O)NC3CC3)cc2)cc1. The summed E-state index contributed by atoms with van der Waals surface area (Å²) in [4.78, 5) is 38.1. The first-order valence-electron chi connectivity index (χ1n) is 10.3. The molecule has 2 aromatic carbocycles. The lowest BCUT2D eigenvalue weighted by atomic mass is 10.2. The number of hydrogen-bond acceptors (Lipinski definition) is 5. The predicted octanol–water partition coefficient (Wildman–Crippen LogP) is 2.49. The van der Waals surface area contributed by atoms with Gasteiger partial charge in [-0.15, -0.1) is 0 Å². The van der Waals surface area contributed by atoms with E-state index < -0.39 is 0 Å². The highest BCUT2D eigenvalue weighted by molar-refractivity contribution is 6.04. The van der Waals surface area contributed by atoms with Crippen molar-refractivity contribution in [1.82, 2.24) is 10.2 Å². The molecule has 0 atom stereocenters. The first-order valence-corrected chi connectivity index (χ1v) is 10.3. The van der Waals surface area contributed by atoms with Crippen LogP contribution in [0.5, 0.6) is 5.75 Å². The van der Waals surface area contributed by atoms with Gasteiger partial charge in [-0.2, -0.15) is 0 Å². The molecule has 3 N–H and O–H groups in total. The minimum absolute atomic E-state index is 0.0688. The average Bonchev–Trinajstić information content (AvgIpc) is 3.53. The Bertz CT molecular complexity index is 908. The molecule has 0 aromatic heterocycles. The topological polar surface area (TPSA) is 99.8 Å². The van der Waals surface area contributed by atoms with Crippen LogP contribution in [0, 0.1) is 0 Å². The van der Waals surface area contributed by atoms with E-state index in [1.54, 1.807) is 60.5 Å². The lowest BCUT2D eigenvalue weighted by molar-refractivity contribution is -0.123. The summed E-state index contributed by atoms with van der Waals surface area (Å²) in [7, 11) is 1.72. The number of rotatable bonds is 10. The van der Waals surface area contributed by atoms with Gasteiger partial charge in [0.2, 0.25) is 11.8 Å². The number of nitrogens with one attached hydrogen (secondary N) is 3. The molecule has 0 spiro atoms. The predicted molar refractivity (Wildman–Crippen MR) is 119 cm³/mol. The van der Waals surface area contributed by atoms with E-state index in [-0.39, 0.29) is 30.8 Å². The largest absolute Gasteiger partial charge is 0.494 e. The van der Waals surface area contributed by atoms with E-state index in [4.69, 9.17) is 4.74 Å². The molecule has 31 heavy (non-hydrogen) atoms. The van der Waals surface area contributed by atoms with Gasteiger partial charge in [0.1, 0.15) is 5.75 Å². The Balaban J connectivity index is 1.45. The fraction of sp³-hybridized carbons (Fsp3) is 0.348. The van der Waals surface area contributed by atoms with Crippen LogP contribution >= 0.6 is 0 Å². The Morgan fingerprint density at radius 3 is 2.10 bits per heavy atom. The molecule has 1 saturated carbocycles. The van der Waals surface area contributed by atoms with Crippen LogP contribution in [-0.2, 0) is 9.59 Å². The summed E-state index contributed by atoms with van der Waals surface area (Å²) in [6.07, 6.45) is 2.06. The quantitative estimate of drug-likeness (QED) is 0.544. The molecule has 3 amide bonds. The number of carbonyl (C=O) groups excluding carboxylic acids is 3. The van der Waals surface area contributed by atoms with E-state index in [2.05, 4.69) is 16.0 Å². The molecule has 0 bridgehead atoms. The number of hydrogen-bond donors (Lipinski definition) is 3. The summed E-state index contributed by atoms with van der Waals surface area (Å²) in [6, 6.07) is 14.1. The van der Waals surface area contributed by atoms with E-state index in [0.717, 1.165) is 18.6 Å². The second-order valence-electron chi connectivity index (χ2n) is 7.55. The summed E-state index contributed by atoms with van der Waals surface area (Å²) in [5.41, 5.74) is 1.72. The van der Waals surface area contributed by atoms with Gasteiger partial charge in [-0.05, 0) is 75.3 Å². The highest BCUT2D eigenvalue weighted by atomic mass is 16.5. The van der Waals surface area contributed by atoms with E-state index >= 15 is 0 Å². The summed E-state index contributed by atoms with van der Waals surface area (Å²) < 4.78 is 5.39. The Morgan fingerprint density at radius 1 is 0.903 bits per heavy atom. The highest BCUT2D eigenvalue weighted by Gasteiger charge is 2.23. The number of nitrogens with zero attached hydrogens (tertiary/aromatic N) is 1. The van der Waals surface area contributed by atoms with Crippen LogP contribution in [0.2, 0.25) is 0 Å². The molecule has 0 saturated heterocycles. The standard InChI is InChI=1S/C23H28N4O4/c1-3-31-20-12-10-19(11-13-20)26-23(30)16-4-6-17(7-5-16)24-21(28)14-27(2)15-22(29)25-18-8-9-18/h4-7,10-13,18H,3,8-9,14-15H2,1-2H3,(H,24,28)(H,25,29)(H,26,30). The number of amides is 3. The van der Waals surface area contributed by atoms with Crippen LogP contribution in [-0.4, -0.2) is 55.4 Å². The lowest BCUT2D eigenvalue weighted by Crippen LogP contribution is -2.39. The van der Waals surface area contributed by atoms with Gasteiger partial charge in [-0.1, -0.05) is 0 Å². The Kier molecular flexibility index (Phi) is 7.61. The van der Waals surface area contributed by atoms with Crippen molar-refractivity contribution in [2.75, 3.05) is 37.4 Å². The Hall–Kier alpha value is -3.39. The molecule has 1 fully saturated rings. The molecule has 8 nitrogen and oxygen atoms in total. The second kappa shape index (κ2) is 10.6. The zero-order valence-electron chi connectivity index (χ0n) is 17.8. The van der Waals surface area contributed by atoms with E-state index in [1.165, 1.54) is 0 Å². The van der Waals surface area contributed by atoms with Gasteiger partial charge < -0.3 is 20.7 Å². The van der Waals surface area contributed by atoms with Crippen LogP contribution in [0.15, 0.2) is 48.5 Å². The molecule has 0 unspecified atom stereocenters. The molecule has 0 aliphatic heterocycles. The molecule has 3 rings (SSSR count). The van der Waals surface area contributed by atoms with Gasteiger partial charge in [0.05, 0.1) is 19.7 Å². The fourth-order valence-electron chi connectivity index (χ4n) is 2.96. The smallest absolute Gasteiger partial charge is 0.255 e. The van der Waals surface area contributed by atoms with Gasteiger partial charge in [-0.25, -0.2) is 0 Å². The highest BCUT2D eigenvalue weighted by Crippen LogP contribution is 2.18. The number of benzene rings is 2. The zero-order chi connectivity index (χ0) is 22.2.